The van der Waals surface area contributed by atoms with Crippen molar-refractivity contribution >= 4 is 21.7 Å². The minimum atomic E-state index is 0.233. The lowest BCUT2D eigenvalue weighted by atomic mass is 10.2. The molecule has 1 heterocycles. The summed E-state index contributed by atoms with van der Waals surface area (Å²) in [5.41, 5.74) is 0. The summed E-state index contributed by atoms with van der Waals surface area (Å²) >= 11 is 3.39. The van der Waals surface area contributed by atoms with Gasteiger partial charge in [0.05, 0.1) is 0 Å². The van der Waals surface area contributed by atoms with Crippen molar-refractivity contribution in [1.29, 1.82) is 0 Å². The Labute approximate surface area is 111 Å². The number of rotatable bonds is 6. The van der Waals surface area contributed by atoms with Crippen LogP contribution >= 0.6 is 15.9 Å². The first kappa shape index (κ1) is 14.4. The van der Waals surface area contributed by atoms with Gasteiger partial charge in [-0.1, -0.05) is 13.8 Å². The molecule has 0 saturated carbocycles. The molecule has 5 heteroatoms. The van der Waals surface area contributed by atoms with Crippen LogP contribution in [0.4, 0.5) is 5.82 Å². The van der Waals surface area contributed by atoms with Gasteiger partial charge in [-0.25, -0.2) is 9.97 Å². The van der Waals surface area contributed by atoms with Crippen LogP contribution in [0.5, 0.6) is 0 Å². The molecule has 1 aromatic rings. The molecule has 0 aliphatic carbocycles. The molecule has 0 saturated heterocycles. The zero-order valence-electron chi connectivity index (χ0n) is 10.6. The third-order valence-electron chi connectivity index (χ3n) is 2.42. The summed E-state index contributed by atoms with van der Waals surface area (Å²) in [7, 11) is 0. The first-order valence-corrected chi connectivity index (χ1v) is 6.74. The van der Waals surface area contributed by atoms with Crippen LogP contribution in [0.25, 0.3) is 0 Å². The van der Waals surface area contributed by atoms with E-state index in [0.717, 1.165) is 29.1 Å². The molecule has 0 spiro atoms. The lowest BCUT2D eigenvalue weighted by Crippen LogP contribution is -2.17. The van der Waals surface area contributed by atoms with Crippen LogP contribution in [0.1, 0.15) is 45.4 Å². The van der Waals surface area contributed by atoms with E-state index in [1.54, 1.807) is 0 Å². The Morgan fingerprint density at radius 3 is 2.65 bits per heavy atom. The molecule has 0 aromatic carbocycles. The van der Waals surface area contributed by atoms with Crippen molar-refractivity contribution in [3.8, 4) is 0 Å². The molecule has 0 aliphatic heterocycles. The van der Waals surface area contributed by atoms with Crippen molar-refractivity contribution in [3.63, 3.8) is 0 Å². The van der Waals surface area contributed by atoms with Gasteiger partial charge in [0.1, 0.15) is 16.2 Å². The highest BCUT2D eigenvalue weighted by Crippen LogP contribution is 2.18. The number of hydrogen-bond acceptors (Lipinski definition) is 4. The zero-order valence-corrected chi connectivity index (χ0v) is 12.2. The second-order valence-electron chi connectivity index (χ2n) is 4.50. The fraction of sp³-hybridized carbons (Fsp3) is 0.667. The Hall–Kier alpha value is -0.680. The first-order chi connectivity index (χ1) is 8.02. The number of anilines is 1. The van der Waals surface area contributed by atoms with Gasteiger partial charge in [0.2, 0.25) is 0 Å². The van der Waals surface area contributed by atoms with Gasteiger partial charge in [0.15, 0.2) is 0 Å². The zero-order chi connectivity index (χ0) is 12.8. The summed E-state index contributed by atoms with van der Waals surface area (Å²) in [6.45, 7) is 6.46. The molecule has 1 unspecified atom stereocenters. The van der Waals surface area contributed by atoms with Gasteiger partial charge < -0.3 is 10.4 Å². The highest BCUT2D eigenvalue weighted by atomic mass is 79.9. The molecule has 17 heavy (non-hydrogen) atoms. The predicted octanol–water partition coefficient (Wildman–Crippen LogP) is 2.94. The summed E-state index contributed by atoms with van der Waals surface area (Å²) in [5, 5.41) is 12.1. The molecule has 1 aromatic heterocycles. The number of halogens is 1. The van der Waals surface area contributed by atoms with Crippen LogP contribution in [-0.2, 0) is 0 Å². The van der Waals surface area contributed by atoms with Gasteiger partial charge >= 0.3 is 0 Å². The van der Waals surface area contributed by atoms with Crippen LogP contribution in [0.2, 0.25) is 0 Å². The van der Waals surface area contributed by atoms with E-state index in [9.17, 15) is 0 Å². The van der Waals surface area contributed by atoms with Crippen molar-refractivity contribution in [2.24, 2.45) is 0 Å². The van der Waals surface area contributed by atoms with Gasteiger partial charge in [-0.15, -0.1) is 0 Å². The molecule has 0 amide bonds. The largest absolute Gasteiger partial charge is 0.396 e. The van der Waals surface area contributed by atoms with Crippen LogP contribution < -0.4 is 5.32 Å². The molecule has 0 radical (unpaired) electrons. The maximum Gasteiger partial charge on any atom is 0.134 e. The fourth-order valence-corrected chi connectivity index (χ4v) is 1.89. The third-order valence-corrected chi connectivity index (χ3v) is 2.82. The van der Waals surface area contributed by atoms with E-state index in [0.29, 0.717) is 12.0 Å². The minimum Gasteiger partial charge on any atom is -0.396 e. The quantitative estimate of drug-likeness (QED) is 0.793. The van der Waals surface area contributed by atoms with E-state index >= 15 is 0 Å². The van der Waals surface area contributed by atoms with E-state index in [1.165, 1.54) is 0 Å². The number of nitrogens with zero attached hydrogens (tertiary/aromatic N) is 2. The molecule has 0 fully saturated rings. The normalized spacial score (nSPS) is 12.8. The Bertz CT molecular complexity index is 358. The maximum absolute atomic E-state index is 8.78. The van der Waals surface area contributed by atoms with E-state index < -0.39 is 0 Å². The lowest BCUT2D eigenvalue weighted by molar-refractivity contribution is 0.282. The molecule has 0 aliphatic rings. The van der Waals surface area contributed by atoms with E-state index in [-0.39, 0.29) is 6.61 Å². The topological polar surface area (TPSA) is 58.0 Å². The summed E-state index contributed by atoms with van der Waals surface area (Å²) in [6.07, 6.45) is 1.73. The summed E-state index contributed by atoms with van der Waals surface area (Å²) in [4.78, 5) is 8.79. The van der Waals surface area contributed by atoms with E-state index in [2.05, 4.69) is 52.0 Å². The van der Waals surface area contributed by atoms with Crippen LogP contribution in [0.3, 0.4) is 0 Å². The predicted molar refractivity (Wildman–Crippen MR) is 73.2 cm³/mol. The molecular formula is C12H20BrN3O. The van der Waals surface area contributed by atoms with Crippen molar-refractivity contribution in [3.05, 3.63) is 16.5 Å². The van der Waals surface area contributed by atoms with Gasteiger partial charge in [0.25, 0.3) is 0 Å². The maximum atomic E-state index is 8.78. The van der Waals surface area contributed by atoms with Crippen molar-refractivity contribution < 1.29 is 5.11 Å². The van der Waals surface area contributed by atoms with Crippen molar-refractivity contribution in [2.75, 3.05) is 11.9 Å². The Balaban J connectivity index is 2.70. The van der Waals surface area contributed by atoms with Crippen molar-refractivity contribution in [2.45, 2.75) is 45.6 Å². The average Bonchev–Trinajstić information content (AvgIpc) is 2.25. The molecule has 0 bridgehead atoms. The van der Waals surface area contributed by atoms with Crippen molar-refractivity contribution in [1.82, 2.24) is 9.97 Å². The average molecular weight is 302 g/mol. The molecule has 2 N–H and O–H groups in total. The van der Waals surface area contributed by atoms with Crippen LogP contribution in [-0.4, -0.2) is 27.7 Å². The second-order valence-corrected chi connectivity index (χ2v) is 5.31. The monoisotopic (exact) mass is 301 g/mol. The lowest BCUT2D eigenvalue weighted by Gasteiger charge is -2.15. The smallest absolute Gasteiger partial charge is 0.134 e. The summed E-state index contributed by atoms with van der Waals surface area (Å²) < 4.78 is 0.799. The second kappa shape index (κ2) is 6.91. The standard InChI is InChI=1S/C12H20BrN3O/c1-8(2)12-15-10(13)7-11(16-12)14-9(3)5-4-6-17/h7-9,17H,4-6H2,1-3H3,(H,14,15,16). The highest BCUT2D eigenvalue weighted by molar-refractivity contribution is 9.10. The van der Waals surface area contributed by atoms with E-state index in [4.69, 9.17) is 5.11 Å². The molecule has 96 valence electrons. The number of nitrogens with one attached hydrogen (secondary N) is 1. The number of hydrogen-bond donors (Lipinski definition) is 2. The Morgan fingerprint density at radius 1 is 1.35 bits per heavy atom. The minimum absolute atomic E-state index is 0.233. The van der Waals surface area contributed by atoms with Gasteiger partial charge in [-0.05, 0) is 35.7 Å². The molecule has 1 atom stereocenters. The number of aliphatic hydroxyl groups is 1. The molecule has 1 rings (SSSR count). The Morgan fingerprint density at radius 2 is 2.06 bits per heavy atom. The Kier molecular flexibility index (Phi) is 5.85. The number of aliphatic hydroxyl groups excluding tert-OH is 1. The highest BCUT2D eigenvalue weighted by Gasteiger charge is 2.08. The number of aromatic nitrogens is 2. The fourth-order valence-electron chi connectivity index (χ4n) is 1.49. The summed E-state index contributed by atoms with van der Waals surface area (Å²) in [5.74, 6) is 1.97. The SMILES string of the molecule is CC(CCCO)Nc1cc(Br)nc(C(C)C)n1. The summed E-state index contributed by atoms with van der Waals surface area (Å²) in [6, 6.07) is 2.17. The van der Waals surface area contributed by atoms with Gasteiger partial charge in [0, 0.05) is 24.6 Å². The van der Waals surface area contributed by atoms with Gasteiger partial charge in [-0.2, -0.15) is 0 Å². The van der Waals surface area contributed by atoms with E-state index in [1.807, 2.05) is 6.07 Å². The third kappa shape index (κ3) is 5.00. The van der Waals surface area contributed by atoms with Crippen LogP contribution in [0, 0.1) is 0 Å². The van der Waals surface area contributed by atoms with Gasteiger partial charge in [-0.3, -0.25) is 0 Å². The molecule has 4 nitrogen and oxygen atoms in total. The van der Waals surface area contributed by atoms with Crippen LogP contribution in [0.15, 0.2) is 10.7 Å². The first-order valence-electron chi connectivity index (χ1n) is 5.94. The molecular weight excluding hydrogens is 282 g/mol.